The molecular weight excluding hydrogens is 249 g/mol. The van der Waals surface area contributed by atoms with Crippen LogP contribution in [0, 0.1) is 5.82 Å². The van der Waals surface area contributed by atoms with Gasteiger partial charge in [-0.2, -0.15) is 0 Å². The summed E-state index contributed by atoms with van der Waals surface area (Å²) >= 11 is 0. The van der Waals surface area contributed by atoms with Gasteiger partial charge in [-0.3, -0.25) is 14.2 Å². The van der Waals surface area contributed by atoms with Crippen molar-refractivity contribution in [3.63, 3.8) is 0 Å². The van der Waals surface area contributed by atoms with Crippen LogP contribution < -0.4 is 5.32 Å². The monoisotopic (exact) mass is 257 g/mol. The molecule has 0 fully saturated rings. The van der Waals surface area contributed by atoms with E-state index in [2.05, 4.69) is 20.3 Å². The predicted octanol–water partition coefficient (Wildman–Crippen LogP) is 1.52. The molecule has 1 N–H and O–H groups in total. The van der Waals surface area contributed by atoms with E-state index < -0.39 is 11.7 Å². The molecule has 0 saturated carbocycles. The van der Waals surface area contributed by atoms with Crippen molar-refractivity contribution in [3.8, 4) is 0 Å². The molecule has 1 amide bonds. The van der Waals surface area contributed by atoms with E-state index in [-0.39, 0.29) is 5.56 Å². The maximum Gasteiger partial charge on any atom is 0.257 e. The molecule has 19 heavy (non-hydrogen) atoms. The molecule has 0 atom stereocenters. The van der Waals surface area contributed by atoms with Gasteiger partial charge in [0, 0.05) is 24.8 Å². The maximum atomic E-state index is 13.0. The first kappa shape index (κ1) is 11.3. The highest BCUT2D eigenvalue weighted by Crippen LogP contribution is 2.09. The number of nitrogens with one attached hydrogen (secondary N) is 1. The van der Waals surface area contributed by atoms with E-state index in [9.17, 15) is 9.18 Å². The second-order valence-electron chi connectivity index (χ2n) is 3.82. The van der Waals surface area contributed by atoms with E-state index in [0.717, 1.165) is 12.3 Å². The summed E-state index contributed by atoms with van der Waals surface area (Å²) in [6.45, 7) is 0. The number of fused-ring (bicyclic) bond motifs is 1. The summed E-state index contributed by atoms with van der Waals surface area (Å²) in [4.78, 5) is 23.5. The molecule has 0 spiro atoms. The first-order valence-corrected chi connectivity index (χ1v) is 5.43. The SMILES string of the molecule is O=C(Nc1cnc2nccn2c1)c1cncc(F)c1. The zero-order valence-electron chi connectivity index (χ0n) is 9.62. The number of carbonyl (C=O) groups excluding carboxylic acids is 1. The standard InChI is InChI=1S/C12H8FN5O/c13-9-3-8(4-14-5-9)11(19)17-10-6-16-12-15-1-2-18(12)7-10/h1-7H,(H,17,19). The summed E-state index contributed by atoms with van der Waals surface area (Å²) < 4.78 is 14.6. The van der Waals surface area contributed by atoms with Crippen molar-refractivity contribution in [1.82, 2.24) is 19.4 Å². The molecule has 0 saturated heterocycles. The lowest BCUT2D eigenvalue weighted by Gasteiger charge is -2.05. The van der Waals surface area contributed by atoms with Crippen molar-refractivity contribution in [2.45, 2.75) is 0 Å². The number of aromatic nitrogens is 4. The lowest BCUT2D eigenvalue weighted by Crippen LogP contribution is -2.13. The summed E-state index contributed by atoms with van der Waals surface area (Å²) in [6, 6.07) is 1.12. The molecule has 3 aromatic heterocycles. The maximum absolute atomic E-state index is 13.0. The van der Waals surface area contributed by atoms with Crippen molar-refractivity contribution in [2.75, 3.05) is 5.32 Å². The van der Waals surface area contributed by atoms with Crippen LogP contribution in [0.5, 0.6) is 0 Å². The number of hydrogen-bond donors (Lipinski definition) is 1. The van der Waals surface area contributed by atoms with Gasteiger partial charge in [-0.05, 0) is 6.07 Å². The number of carbonyl (C=O) groups is 1. The average Bonchev–Trinajstić information content (AvgIpc) is 2.86. The predicted molar refractivity (Wildman–Crippen MR) is 65.1 cm³/mol. The Morgan fingerprint density at radius 2 is 2.16 bits per heavy atom. The van der Waals surface area contributed by atoms with Crippen LogP contribution in [0.3, 0.4) is 0 Å². The molecule has 3 heterocycles. The van der Waals surface area contributed by atoms with Crippen molar-refractivity contribution in [1.29, 1.82) is 0 Å². The summed E-state index contributed by atoms with van der Waals surface area (Å²) in [5.74, 6) is -0.477. The number of anilines is 1. The first-order valence-electron chi connectivity index (χ1n) is 5.43. The van der Waals surface area contributed by atoms with Gasteiger partial charge in [-0.1, -0.05) is 0 Å². The smallest absolute Gasteiger partial charge is 0.257 e. The van der Waals surface area contributed by atoms with Crippen LogP contribution in [-0.2, 0) is 0 Å². The van der Waals surface area contributed by atoms with Gasteiger partial charge in [0.1, 0.15) is 5.82 Å². The summed E-state index contributed by atoms with van der Waals surface area (Å²) in [6.07, 6.45) is 8.79. The van der Waals surface area contributed by atoms with E-state index in [1.54, 1.807) is 23.0 Å². The fourth-order valence-electron chi connectivity index (χ4n) is 1.62. The largest absolute Gasteiger partial charge is 0.319 e. The normalized spacial score (nSPS) is 10.6. The Labute approximate surface area is 107 Å². The van der Waals surface area contributed by atoms with E-state index in [1.807, 2.05) is 0 Å². The molecule has 0 bridgehead atoms. The number of amides is 1. The number of halogens is 1. The van der Waals surface area contributed by atoms with Gasteiger partial charge in [0.2, 0.25) is 5.78 Å². The minimum atomic E-state index is -0.559. The zero-order valence-corrected chi connectivity index (χ0v) is 9.62. The van der Waals surface area contributed by atoms with Crippen LogP contribution in [0.25, 0.3) is 5.78 Å². The third-order valence-electron chi connectivity index (χ3n) is 2.47. The minimum absolute atomic E-state index is 0.144. The van der Waals surface area contributed by atoms with E-state index >= 15 is 0 Å². The highest BCUT2D eigenvalue weighted by Gasteiger charge is 2.08. The van der Waals surface area contributed by atoms with Gasteiger partial charge in [-0.25, -0.2) is 14.4 Å². The lowest BCUT2D eigenvalue weighted by atomic mass is 10.2. The quantitative estimate of drug-likeness (QED) is 0.755. The first-order chi connectivity index (χ1) is 9.22. The average molecular weight is 257 g/mol. The fraction of sp³-hybridized carbons (Fsp3) is 0. The van der Waals surface area contributed by atoms with E-state index in [1.165, 1.54) is 12.4 Å². The Hall–Kier alpha value is -2.83. The number of hydrogen-bond acceptors (Lipinski definition) is 4. The molecule has 0 aromatic carbocycles. The summed E-state index contributed by atoms with van der Waals surface area (Å²) in [7, 11) is 0. The Kier molecular flexibility index (Phi) is 2.64. The van der Waals surface area contributed by atoms with Gasteiger partial charge in [0.15, 0.2) is 0 Å². The second-order valence-corrected chi connectivity index (χ2v) is 3.82. The molecule has 0 aliphatic heterocycles. The van der Waals surface area contributed by atoms with Gasteiger partial charge >= 0.3 is 0 Å². The van der Waals surface area contributed by atoms with Crippen molar-refractivity contribution < 1.29 is 9.18 Å². The molecule has 0 aliphatic rings. The molecule has 6 nitrogen and oxygen atoms in total. The van der Waals surface area contributed by atoms with E-state index in [4.69, 9.17) is 0 Å². The molecule has 0 radical (unpaired) electrons. The van der Waals surface area contributed by atoms with Crippen LogP contribution in [0.2, 0.25) is 0 Å². The molecule has 0 unspecified atom stereocenters. The van der Waals surface area contributed by atoms with Crippen molar-refractivity contribution >= 4 is 17.4 Å². The van der Waals surface area contributed by atoms with Crippen LogP contribution in [0.4, 0.5) is 10.1 Å². The lowest BCUT2D eigenvalue weighted by molar-refractivity contribution is 0.102. The third kappa shape index (κ3) is 2.25. The van der Waals surface area contributed by atoms with Gasteiger partial charge in [0.05, 0.1) is 23.6 Å². The fourth-order valence-corrected chi connectivity index (χ4v) is 1.62. The third-order valence-corrected chi connectivity index (χ3v) is 2.47. The molecule has 94 valence electrons. The number of rotatable bonds is 2. The van der Waals surface area contributed by atoms with Crippen LogP contribution in [-0.4, -0.2) is 25.3 Å². The number of nitrogens with zero attached hydrogens (tertiary/aromatic N) is 4. The highest BCUT2D eigenvalue weighted by atomic mass is 19.1. The number of pyridine rings is 1. The molecule has 0 aliphatic carbocycles. The second kappa shape index (κ2) is 4.45. The van der Waals surface area contributed by atoms with Gasteiger partial charge in [-0.15, -0.1) is 0 Å². The van der Waals surface area contributed by atoms with Crippen molar-refractivity contribution in [3.05, 3.63) is 54.6 Å². The van der Waals surface area contributed by atoms with E-state index in [0.29, 0.717) is 11.5 Å². The van der Waals surface area contributed by atoms with Gasteiger partial charge < -0.3 is 5.32 Å². The number of imidazole rings is 1. The summed E-state index contributed by atoms with van der Waals surface area (Å²) in [5.41, 5.74) is 0.630. The Morgan fingerprint density at radius 1 is 1.26 bits per heavy atom. The van der Waals surface area contributed by atoms with Crippen LogP contribution in [0.1, 0.15) is 10.4 Å². The van der Waals surface area contributed by atoms with Crippen molar-refractivity contribution in [2.24, 2.45) is 0 Å². The Bertz CT molecular complexity index is 754. The van der Waals surface area contributed by atoms with Crippen LogP contribution in [0.15, 0.2) is 43.2 Å². The van der Waals surface area contributed by atoms with Gasteiger partial charge in [0.25, 0.3) is 5.91 Å². The topological polar surface area (TPSA) is 72.2 Å². The summed E-state index contributed by atoms with van der Waals surface area (Å²) in [5, 5.41) is 2.61. The highest BCUT2D eigenvalue weighted by molar-refractivity contribution is 6.03. The zero-order chi connectivity index (χ0) is 13.2. The van der Waals surface area contributed by atoms with Crippen LogP contribution >= 0.6 is 0 Å². The molecule has 7 heteroatoms. The Balaban J connectivity index is 1.86. The molecular formula is C12H8FN5O. The molecule has 3 rings (SSSR count). The minimum Gasteiger partial charge on any atom is -0.319 e. The Morgan fingerprint density at radius 3 is 3.00 bits per heavy atom. The molecule has 3 aromatic rings.